The average Bonchev–Trinajstić information content (AvgIpc) is 3.88. The van der Waals surface area contributed by atoms with Crippen LogP contribution in [0, 0.1) is 0 Å². The van der Waals surface area contributed by atoms with Crippen molar-refractivity contribution in [3.8, 4) is 11.4 Å². The molecule has 8 aromatic carbocycles. The minimum absolute atomic E-state index is 0.0290. The van der Waals surface area contributed by atoms with Crippen LogP contribution in [0.25, 0.3) is 76.9 Å². The molecule has 0 saturated heterocycles. The van der Waals surface area contributed by atoms with E-state index in [0.717, 1.165) is 33.3 Å². The Morgan fingerprint density at radius 1 is 0.396 bits per heavy atom. The molecule has 0 aliphatic carbocycles. The van der Waals surface area contributed by atoms with Crippen molar-refractivity contribution >= 4 is 106 Å². The second-order valence-electron chi connectivity index (χ2n) is 14.4. The molecule has 3 aromatic heterocycles. The van der Waals surface area contributed by atoms with E-state index in [0.29, 0.717) is 0 Å². The third kappa shape index (κ3) is 3.38. The van der Waals surface area contributed by atoms with Crippen molar-refractivity contribution in [3.63, 3.8) is 0 Å². The van der Waals surface area contributed by atoms with E-state index in [1.54, 1.807) is 0 Å². The predicted molar refractivity (Wildman–Crippen MR) is 222 cm³/mol. The summed E-state index contributed by atoms with van der Waals surface area (Å²) in [5, 5.41) is 7.33. The summed E-state index contributed by atoms with van der Waals surface area (Å²) in [5.74, 6) is 0. The summed E-state index contributed by atoms with van der Waals surface area (Å²) in [5.41, 5.74) is 16.6. The third-order valence-corrected chi connectivity index (χ3v) is 11.9. The molecule has 2 aliphatic heterocycles. The molecule has 0 atom stereocenters. The normalized spacial score (nSPS) is 13.2. The minimum atomic E-state index is 0.0290. The molecule has 0 amide bonds. The number of hydrogen-bond donors (Lipinski definition) is 0. The van der Waals surface area contributed by atoms with Gasteiger partial charge in [0.2, 0.25) is 0 Å². The molecule has 0 bridgehead atoms. The van der Waals surface area contributed by atoms with Gasteiger partial charge in [-0.2, -0.15) is 0 Å². The second kappa shape index (κ2) is 9.87. The minimum Gasteiger partial charge on any atom is -0.456 e. The molecule has 5 heterocycles. The summed E-state index contributed by atoms with van der Waals surface area (Å²) in [6, 6.07) is 62.2. The molecule has 53 heavy (non-hydrogen) atoms. The SMILES string of the molecule is c1ccc(N2c3ccccc3B3c4c(ccc(-n5c6ccccc6c6ccccc65)c42)-n2c4c3cccc4c3ccc4oc5ccccc5c4c32)cc1. The molecule has 0 saturated carbocycles. The Morgan fingerprint density at radius 2 is 1.04 bits per heavy atom. The van der Waals surface area contributed by atoms with Crippen LogP contribution < -0.4 is 21.3 Å². The van der Waals surface area contributed by atoms with Crippen LogP contribution in [-0.2, 0) is 0 Å². The number of aromatic nitrogens is 2. The molecule has 0 radical (unpaired) electrons. The van der Waals surface area contributed by atoms with E-state index >= 15 is 0 Å². The standard InChI is InChI=1S/C48H28BN3O/c1-2-13-29(14-3-1)50-39-23-10-7-19-35(39)49-36-20-12-18-32-33-25-28-43-44(34-17-6-11-24-42(34)53-43)47(33)52(46(32)36)40-26-27-41(48(50)45(40)49)51-37-21-8-4-15-30(37)31-16-5-9-22-38(31)51/h1-28H. The van der Waals surface area contributed by atoms with E-state index in [2.05, 4.69) is 184 Å². The molecule has 13 rings (SSSR count). The molecule has 11 aromatic rings. The Labute approximate surface area is 304 Å². The first-order chi connectivity index (χ1) is 26.3. The molecule has 0 spiro atoms. The monoisotopic (exact) mass is 673 g/mol. The van der Waals surface area contributed by atoms with Gasteiger partial charge < -0.3 is 18.5 Å². The smallest absolute Gasteiger partial charge is 0.252 e. The quantitative estimate of drug-likeness (QED) is 0.171. The Balaban J connectivity index is 1.27. The van der Waals surface area contributed by atoms with Crippen LogP contribution in [0.2, 0.25) is 0 Å². The second-order valence-corrected chi connectivity index (χ2v) is 14.4. The van der Waals surface area contributed by atoms with Crippen LogP contribution in [0.1, 0.15) is 0 Å². The number of rotatable bonds is 2. The van der Waals surface area contributed by atoms with Crippen LogP contribution in [0.15, 0.2) is 174 Å². The fourth-order valence-electron chi connectivity index (χ4n) is 9.90. The van der Waals surface area contributed by atoms with Crippen LogP contribution in [0.5, 0.6) is 0 Å². The van der Waals surface area contributed by atoms with Crippen LogP contribution in [0.4, 0.5) is 17.1 Å². The van der Waals surface area contributed by atoms with Gasteiger partial charge in [-0.1, -0.05) is 109 Å². The number of para-hydroxylation sites is 6. The fraction of sp³-hybridized carbons (Fsp3) is 0. The summed E-state index contributed by atoms with van der Waals surface area (Å²) < 4.78 is 11.6. The largest absolute Gasteiger partial charge is 0.456 e. The van der Waals surface area contributed by atoms with Crippen molar-refractivity contribution in [2.45, 2.75) is 0 Å². The Morgan fingerprint density at radius 3 is 1.87 bits per heavy atom. The van der Waals surface area contributed by atoms with Gasteiger partial charge in [-0.25, -0.2) is 0 Å². The van der Waals surface area contributed by atoms with Gasteiger partial charge in [-0.05, 0) is 77.1 Å². The molecule has 0 fully saturated rings. The highest BCUT2D eigenvalue weighted by Crippen LogP contribution is 2.47. The van der Waals surface area contributed by atoms with E-state index in [9.17, 15) is 0 Å². The van der Waals surface area contributed by atoms with Gasteiger partial charge in [0.25, 0.3) is 6.71 Å². The van der Waals surface area contributed by atoms with Crippen LogP contribution in [0.3, 0.4) is 0 Å². The van der Waals surface area contributed by atoms with Gasteiger partial charge in [0, 0.05) is 49.5 Å². The maximum atomic E-state index is 6.52. The highest BCUT2D eigenvalue weighted by Gasteiger charge is 2.43. The molecule has 244 valence electrons. The highest BCUT2D eigenvalue weighted by molar-refractivity contribution is 7.00. The van der Waals surface area contributed by atoms with Crippen molar-refractivity contribution in [1.82, 2.24) is 9.13 Å². The lowest BCUT2D eigenvalue weighted by Gasteiger charge is -2.41. The van der Waals surface area contributed by atoms with E-state index in [4.69, 9.17) is 4.42 Å². The van der Waals surface area contributed by atoms with E-state index in [1.165, 1.54) is 77.1 Å². The molecule has 4 nitrogen and oxygen atoms in total. The summed E-state index contributed by atoms with van der Waals surface area (Å²) >= 11 is 0. The summed E-state index contributed by atoms with van der Waals surface area (Å²) in [6.45, 7) is 0.0290. The Bertz CT molecular complexity index is 3320. The average molecular weight is 674 g/mol. The van der Waals surface area contributed by atoms with Crippen molar-refractivity contribution in [3.05, 3.63) is 170 Å². The highest BCUT2D eigenvalue weighted by atomic mass is 16.3. The van der Waals surface area contributed by atoms with Gasteiger partial charge in [0.05, 0.1) is 33.3 Å². The van der Waals surface area contributed by atoms with Gasteiger partial charge in [0.1, 0.15) is 11.2 Å². The fourth-order valence-corrected chi connectivity index (χ4v) is 9.90. The first kappa shape index (κ1) is 27.7. The maximum Gasteiger partial charge on any atom is 0.252 e. The van der Waals surface area contributed by atoms with Gasteiger partial charge in [-0.3, -0.25) is 0 Å². The summed E-state index contributed by atoms with van der Waals surface area (Å²) in [6.07, 6.45) is 0. The van der Waals surface area contributed by atoms with Crippen LogP contribution >= 0.6 is 0 Å². The predicted octanol–water partition coefficient (Wildman–Crippen LogP) is 10.4. The number of hydrogen-bond acceptors (Lipinski definition) is 2. The third-order valence-electron chi connectivity index (χ3n) is 11.9. The zero-order valence-corrected chi connectivity index (χ0v) is 28.5. The molecule has 0 unspecified atom stereocenters. The molecular weight excluding hydrogens is 645 g/mol. The van der Waals surface area contributed by atoms with Gasteiger partial charge in [0.15, 0.2) is 0 Å². The van der Waals surface area contributed by atoms with Crippen LogP contribution in [-0.4, -0.2) is 15.8 Å². The number of nitrogens with zero attached hydrogens (tertiary/aromatic N) is 3. The van der Waals surface area contributed by atoms with E-state index in [1.807, 2.05) is 0 Å². The lowest BCUT2D eigenvalue weighted by molar-refractivity contribution is 0.669. The van der Waals surface area contributed by atoms with Crippen molar-refractivity contribution in [2.24, 2.45) is 0 Å². The zero-order valence-electron chi connectivity index (χ0n) is 28.5. The molecule has 5 heteroatoms. The van der Waals surface area contributed by atoms with E-state index in [-0.39, 0.29) is 6.71 Å². The number of benzene rings is 8. The zero-order chi connectivity index (χ0) is 34.4. The summed E-state index contributed by atoms with van der Waals surface area (Å²) in [4.78, 5) is 2.52. The number of fused-ring (bicyclic) bond motifs is 14. The maximum absolute atomic E-state index is 6.52. The van der Waals surface area contributed by atoms with E-state index < -0.39 is 0 Å². The van der Waals surface area contributed by atoms with Crippen molar-refractivity contribution in [2.75, 3.05) is 4.90 Å². The molecular formula is C48H28BN3O. The lowest BCUT2D eigenvalue weighted by Crippen LogP contribution is -2.60. The topological polar surface area (TPSA) is 26.2 Å². The van der Waals surface area contributed by atoms with Gasteiger partial charge in [-0.15, -0.1) is 0 Å². The van der Waals surface area contributed by atoms with Gasteiger partial charge >= 0.3 is 0 Å². The number of furan rings is 1. The summed E-state index contributed by atoms with van der Waals surface area (Å²) in [7, 11) is 0. The first-order valence-electron chi connectivity index (χ1n) is 18.3. The van der Waals surface area contributed by atoms with Crippen molar-refractivity contribution < 1.29 is 4.42 Å². The number of anilines is 3. The molecule has 0 N–H and O–H groups in total. The Kier molecular flexibility index (Phi) is 5.16. The Hall–Kier alpha value is -6.98. The molecule has 2 aliphatic rings. The first-order valence-corrected chi connectivity index (χ1v) is 18.3. The van der Waals surface area contributed by atoms with Crippen molar-refractivity contribution in [1.29, 1.82) is 0 Å². The lowest BCUT2D eigenvalue weighted by atomic mass is 9.33.